The van der Waals surface area contributed by atoms with Crippen LogP contribution in [0.2, 0.25) is 0 Å². The molecule has 22 heavy (non-hydrogen) atoms. The van der Waals surface area contributed by atoms with Gasteiger partial charge in [0, 0.05) is 36.9 Å². The van der Waals surface area contributed by atoms with Crippen LogP contribution in [0.15, 0.2) is 28.8 Å². The predicted molar refractivity (Wildman–Crippen MR) is 84.1 cm³/mol. The van der Waals surface area contributed by atoms with Crippen molar-refractivity contribution in [1.29, 1.82) is 0 Å². The van der Waals surface area contributed by atoms with Crippen molar-refractivity contribution in [2.24, 2.45) is 7.05 Å². The summed E-state index contributed by atoms with van der Waals surface area (Å²) in [5.74, 6) is 1.03. The Kier molecular flexibility index (Phi) is 3.32. The van der Waals surface area contributed by atoms with Gasteiger partial charge in [-0.25, -0.2) is 4.79 Å². The van der Waals surface area contributed by atoms with E-state index < -0.39 is 0 Å². The van der Waals surface area contributed by atoms with Crippen molar-refractivity contribution in [1.82, 2.24) is 14.9 Å². The summed E-state index contributed by atoms with van der Waals surface area (Å²) in [6, 6.07) is 7.12. The van der Waals surface area contributed by atoms with Crippen LogP contribution in [0.25, 0.3) is 10.9 Å². The molecule has 2 heterocycles. The molecule has 0 aliphatic rings. The number of nitrogens with zero attached hydrogens (tertiary/aromatic N) is 4. The Morgan fingerprint density at radius 3 is 2.77 bits per heavy atom. The highest BCUT2D eigenvalue weighted by molar-refractivity contribution is 6.02. The second-order valence-electron chi connectivity index (χ2n) is 5.22. The minimum Gasteiger partial charge on any atom is -0.360 e. The molecule has 1 aromatic carbocycles. The van der Waals surface area contributed by atoms with E-state index in [1.807, 2.05) is 36.9 Å². The van der Waals surface area contributed by atoms with Crippen molar-refractivity contribution < 1.29 is 9.32 Å². The number of fused-ring (bicyclic) bond motifs is 1. The van der Waals surface area contributed by atoms with Crippen LogP contribution >= 0.6 is 0 Å². The number of benzene rings is 1. The molecule has 0 bridgehead atoms. The third-order valence-electron chi connectivity index (χ3n) is 3.67. The molecule has 2 amide bonds. The molecule has 0 unspecified atom stereocenters. The summed E-state index contributed by atoms with van der Waals surface area (Å²) in [7, 11) is 3.59. The quantitative estimate of drug-likeness (QED) is 0.789. The van der Waals surface area contributed by atoms with Gasteiger partial charge in [-0.15, -0.1) is 0 Å². The molecule has 3 aromatic rings. The summed E-state index contributed by atoms with van der Waals surface area (Å²) < 4.78 is 6.75. The van der Waals surface area contributed by atoms with Crippen LogP contribution in [-0.4, -0.2) is 28.0 Å². The first kappa shape index (κ1) is 14.1. The number of rotatable bonds is 2. The van der Waals surface area contributed by atoms with E-state index in [-0.39, 0.29) is 6.03 Å². The zero-order valence-corrected chi connectivity index (χ0v) is 12.9. The monoisotopic (exact) mass is 299 g/mol. The molecule has 0 aliphatic carbocycles. The molecule has 1 N–H and O–H groups in total. The van der Waals surface area contributed by atoms with Crippen LogP contribution in [0, 0.1) is 13.8 Å². The molecule has 0 spiro atoms. The van der Waals surface area contributed by atoms with Gasteiger partial charge >= 0.3 is 6.03 Å². The molecule has 7 heteroatoms. The van der Waals surface area contributed by atoms with Gasteiger partial charge < -0.3 is 4.52 Å². The van der Waals surface area contributed by atoms with E-state index in [0.29, 0.717) is 11.6 Å². The standard InChI is InChI=1S/C15H17N5O2/c1-9-7-14(18-22-9)16-15(21)19(3)11-5-6-12-10(2)20(4)17-13(12)8-11/h5-8H,1-4H3,(H,16,18,21). The van der Waals surface area contributed by atoms with Crippen LogP contribution in [0.5, 0.6) is 0 Å². The van der Waals surface area contributed by atoms with Gasteiger partial charge in [0.1, 0.15) is 5.76 Å². The molecular weight excluding hydrogens is 282 g/mol. The lowest BCUT2D eigenvalue weighted by Gasteiger charge is -2.17. The molecule has 0 saturated heterocycles. The van der Waals surface area contributed by atoms with Gasteiger partial charge in [0.2, 0.25) is 0 Å². The van der Waals surface area contributed by atoms with E-state index in [2.05, 4.69) is 15.6 Å². The number of carbonyl (C=O) groups is 1. The Bertz CT molecular complexity index is 849. The third kappa shape index (κ3) is 2.41. The Hall–Kier alpha value is -2.83. The zero-order valence-electron chi connectivity index (χ0n) is 12.9. The maximum absolute atomic E-state index is 12.2. The van der Waals surface area contributed by atoms with Gasteiger partial charge in [-0.1, -0.05) is 5.16 Å². The highest BCUT2D eigenvalue weighted by Crippen LogP contribution is 2.23. The zero-order chi connectivity index (χ0) is 15.9. The Balaban J connectivity index is 1.84. The SMILES string of the molecule is Cc1cc(NC(=O)N(C)c2ccc3c(C)n(C)nc3c2)no1. The van der Waals surface area contributed by atoms with Gasteiger partial charge in [0.05, 0.1) is 5.52 Å². The fraction of sp³-hybridized carbons (Fsp3) is 0.267. The molecule has 114 valence electrons. The van der Waals surface area contributed by atoms with Gasteiger partial charge in [0.15, 0.2) is 5.82 Å². The van der Waals surface area contributed by atoms with Crippen molar-refractivity contribution in [3.8, 4) is 0 Å². The molecule has 0 radical (unpaired) electrons. The first-order valence-electron chi connectivity index (χ1n) is 6.87. The molecule has 2 aromatic heterocycles. The summed E-state index contributed by atoms with van der Waals surface area (Å²) >= 11 is 0. The molecule has 0 aliphatic heterocycles. The van der Waals surface area contributed by atoms with Gasteiger partial charge in [-0.2, -0.15) is 5.10 Å². The van der Waals surface area contributed by atoms with Gasteiger partial charge in [0.25, 0.3) is 0 Å². The van der Waals surface area contributed by atoms with Crippen LogP contribution in [0.3, 0.4) is 0 Å². The van der Waals surface area contributed by atoms with Crippen LogP contribution in [0.4, 0.5) is 16.3 Å². The number of nitrogens with one attached hydrogen (secondary N) is 1. The minimum atomic E-state index is -0.291. The summed E-state index contributed by atoms with van der Waals surface area (Å²) in [6.45, 7) is 3.78. The lowest BCUT2D eigenvalue weighted by atomic mass is 10.2. The second kappa shape index (κ2) is 5.18. The maximum Gasteiger partial charge on any atom is 0.327 e. The molecular formula is C15H17N5O2. The fourth-order valence-electron chi connectivity index (χ4n) is 2.26. The summed E-state index contributed by atoms with van der Waals surface area (Å²) in [5, 5.41) is 11.9. The highest BCUT2D eigenvalue weighted by atomic mass is 16.5. The first-order valence-corrected chi connectivity index (χ1v) is 6.87. The Labute approximate surface area is 127 Å². The number of carbonyl (C=O) groups excluding carboxylic acids is 1. The average molecular weight is 299 g/mol. The molecule has 7 nitrogen and oxygen atoms in total. The Morgan fingerprint density at radius 2 is 2.09 bits per heavy atom. The summed E-state index contributed by atoms with van der Waals surface area (Å²) in [4.78, 5) is 13.7. The lowest BCUT2D eigenvalue weighted by molar-refractivity contribution is 0.257. The molecule has 0 fully saturated rings. The van der Waals surface area contributed by atoms with Crippen LogP contribution in [-0.2, 0) is 7.05 Å². The number of anilines is 2. The highest BCUT2D eigenvalue weighted by Gasteiger charge is 2.14. The van der Waals surface area contributed by atoms with E-state index in [0.717, 1.165) is 22.3 Å². The van der Waals surface area contributed by atoms with Crippen LogP contribution in [0.1, 0.15) is 11.5 Å². The minimum absolute atomic E-state index is 0.291. The van der Waals surface area contributed by atoms with Gasteiger partial charge in [-0.3, -0.25) is 14.9 Å². The molecule has 0 saturated carbocycles. The number of aromatic nitrogens is 3. The number of amides is 2. The van der Waals surface area contributed by atoms with Crippen molar-refractivity contribution in [3.05, 3.63) is 35.7 Å². The second-order valence-corrected chi connectivity index (χ2v) is 5.22. The average Bonchev–Trinajstić information content (AvgIpc) is 3.02. The lowest BCUT2D eigenvalue weighted by Crippen LogP contribution is -2.31. The number of hydrogen-bond acceptors (Lipinski definition) is 4. The smallest absolute Gasteiger partial charge is 0.327 e. The number of hydrogen-bond donors (Lipinski definition) is 1. The Morgan fingerprint density at radius 1 is 1.32 bits per heavy atom. The van der Waals surface area contributed by atoms with Crippen LogP contribution < -0.4 is 10.2 Å². The summed E-state index contributed by atoms with van der Waals surface area (Å²) in [6.07, 6.45) is 0. The van der Waals surface area contributed by atoms with Crippen molar-refractivity contribution >= 4 is 28.4 Å². The van der Waals surface area contributed by atoms with E-state index in [1.165, 1.54) is 4.90 Å². The van der Waals surface area contributed by atoms with Crippen molar-refractivity contribution in [2.45, 2.75) is 13.8 Å². The summed E-state index contributed by atoms with van der Waals surface area (Å²) in [5.41, 5.74) is 2.70. The maximum atomic E-state index is 12.2. The van der Waals surface area contributed by atoms with E-state index >= 15 is 0 Å². The number of urea groups is 1. The van der Waals surface area contributed by atoms with Crippen molar-refractivity contribution in [3.63, 3.8) is 0 Å². The third-order valence-corrected chi connectivity index (χ3v) is 3.67. The molecule has 0 atom stereocenters. The fourth-order valence-corrected chi connectivity index (χ4v) is 2.26. The largest absolute Gasteiger partial charge is 0.360 e. The normalized spacial score (nSPS) is 10.9. The van der Waals surface area contributed by atoms with E-state index in [9.17, 15) is 4.79 Å². The number of aryl methyl sites for hydroxylation is 3. The van der Waals surface area contributed by atoms with E-state index in [4.69, 9.17) is 4.52 Å². The topological polar surface area (TPSA) is 76.2 Å². The molecule has 3 rings (SSSR count). The predicted octanol–water partition coefficient (Wildman–Crippen LogP) is 2.85. The first-order chi connectivity index (χ1) is 10.5. The van der Waals surface area contributed by atoms with Crippen molar-refractivity contribution in [2.75, 3.05) is 17.3 Å². The van der Waals surface area contributed by atoms with Gasteiger partial charge in [-0.05, 0) is 32.0 Å². The van der Waals surface area contributed by atoms with E-state index in [1.54, 1.807) is 20.0 Å².